The number of hydrogen-bond acceptors (Lipinski definition) is 5. The summed E-state index contributed by atoms with van der Waals surface area (Å²) in [6, 6.07) is 59.5. The van der Waals surface area contributed by atoms with Gasteiger partial charge in [0.15, 0.2) is 0 Å². The monoisotopic (exact) mass is 791 g/mol. The average molecular weight is 792 g/mol. The fraction of sp³-hybridized carbons (Fsp3) is 0. The highest BCUT2D eigenvalue weighted by Gasteiger charge is 2.17. The van der Waals surface area contributed by atoms with Crippen LogP contribution >= 0.6 is 22.7 Å². The molecule has 0 saturated carbocycles. The van der Waals surface area contributed by atoms with Crippen molar-refractivity contribution in [1.82, 2.24) is 9.97 Å². The minimum Gasteiger partial charge on any atom is -0.310 e. The summed E-state index contributed by atoms with van der Waals surface area (Å²) < 4.78 is 40.1. The molecule has 2 aromatic heterocycles. The summed E-state index contributed by atoms with van der Waals surface area (Å²) in [6.45, 7) is 0. The minimum absolute atomic E-state index is 0.0780. The zero-order chi connectivity index (χ0) is 42.3. The van der Waals surface area contributed by atoms with Gasteiger partial charge in [-0.05, 0) is 151 Å². The van der Waals surface area contributed by atoms with Gasteiger partial charge in [-0.3, -0.25) is 0 Å². The van der Waals surface area contributed by atoms with E-state index in [1.807, 2.05) is 83.8 Å². The third-order valence-corrected chi connectivity index (χ3v) is 13.2. The summed E-state index contributed by atoms with van der Waals surface area (Å²) in [5.74, 6) is 0. The molecule has 59 heavy (non-hydrogen) atoms. The lowest BCUT2D eigenvalue weighted by Gasteiger charge is -2.26. The topological polar surface area (TPSA) is 29.0 Å². The zero-order valence-electron chi connectivity index (χ0n) is 35.4. The molecule has 0 radical (unpaired) electrons. The van der Waals surface area contributed by atoms with Gasteiger partial charge in [-0.25, -0.2) is 9.97 Å². The van der Waals surface area contributed by atoms with Crippen LogP contribution in [0.25, 0.3) is 95.8 Å². The Balaban J connectivity index is 0.980. The highest BCUT2D eigenvalue weighted by Crippen LogP contribution is 2.41. The van der Waals surface area contributed by atoms with Crippen molar-refractivity contribution in [2.24, 2.45) is 0 Å². The summed E-state index contributed by atoms with van der Waals surface area (Å²) in [5, 5.41) is 9.18. The lowest BCUT2D eigenvalue weighted by Crippen LogP contribution is -2.09. The van der Waals surface area contributed by atoms with Gasteiger partial charge < -0.3 is 4.90 Å². The molecule has 10 aromatic carbocycles. The molecule has 12 aromatic rings. The molecule has 0 unspecified atom stereocenters. The predicted octanol–water partition coefficient (Wildman–Crippen LogP) is 16.0. The van der Waals surface area contributed by atoms with E-state index < -0.39 is 0 Å². The van der Waals surface area contributed by atoms with E-state index in [1.165, 1.54) is 10.8 Å². The lowest BCUT2D eigenvalue weighted by atomic mass is 9.98. The van der Waals surface area contributed by atoms with E-state index >= 15 is 0 Å². The van der Waals surface area contributed by atoms with Crippen LogP contribution in [0.15, 0.2) is 200 Å². The molecule has 0 spiro atoms. The van der Waals surface area contributed by atoms with E-state index in [0.29, 0.717) is 11.3 Å². The van der Waals surface area contributed by atoms with Gasteiger partial charge in [-0.15, -0.1) is 22.7 Å². The molecule has 0 aliphatic rings. The van der Waals surface area contributed by atoms with E-state index in [-0.39, 0.29) is 34.9 Å². The van der Waals surface area contributed by atoms with E-state index in [1.54, 1.807) is 34.8 Å². The summed E-state index contributed by atoms with van der Waals surface area (Å²) >= 11 is 3.32. The van der Waals surface area contributed by atoms with E-state index in [4.69, 9.17) is 9.97 Å². The molecule has 0 aliphatic heterocycles. The zero-order valence-corrected chi connectivity index (χ0v) is 33.0. The molecule has 0 fully saturated rings. The van der Waals surface area contributed by atoms with Gasteiger partial charge >= 0.3 is 0 Å². The second kappa shape index (κ2) is 13.7. The Kier molecular flexibility index (Phi) is 6.98. The second-order valence-electron chi connectivity index (χ2n) is 14.7. The van der Waals surface area contributed by atoms with E-state index in [2.05, 4.69) is 84.9 Å². The summed E-state index contributed by atoms with van der Waals surface area (Å²) in [7, 11) is 0. The number of fused-ring (bicyclic) bond motifs is 6. The van der Waals surface area contributed by atoms with Gasteiger partial charge in [-0.1, -0.05) is 103 Å². The number of rotatable bonds is 6. The average Bonchev–Trinajstić information content (AvgIpc) is 3.93. The van der Waals surface area contributed by atoms with Crippen LogP contribution in [0, 0.1) is 0 Å². The van der Waals surface area contributed by atoms with Gasteiger partial charge in [0.25, 0.3) is 0 Å². The minimum atomic E-state index is 0.0780. The Morgan fingerprint density at radius 1 is 0.356 bits per heavy atom. The first-order valence-electron chi connectivity index (χ1n) is 21.5. The molecule has 276 valence electrons. The van der Waals surface area contributed by atoms with Gasteiger partial charge in [0.05, 0.1) is 25.9 Å². The maximum Gasteiger partial charge on any atom is 0.124 e. The SMILES string of the molecule is [2H]c1cc(N(c2ccc(-c3nc4cc5ccccc5cc4s3)cc2)c2ccc(-c3nc4cc5ccccc5cc4s3)cc2)c([2H])c2c([2H])cc(-c3ccc4ccccc4c3)c([2H])c12. The van der Waals surface area contributed by atoms with Crippen LogP contribution in [-0.2, 0) is 0 Å². The molecule has 0 aliphatic carbocycles. The number of hydrogen-bond donors (Lipinski definition) is 0. The summed E-state index contributed by atoms with van der Waals surface area (Å²) in [6.07, 6.45) is 0. The molecular formula is C54H33N3S2. The smallest absolute Gasteiger partial charge is 0.124 e. The van der Waals surface area contributed by atoms with Crippen LogP contribution in [-0.4, -0.2) is 9.97 Å². The van der Waals surface area contributed by atoms with Crippen molar-refractivity contribution in [3.63, 3.8) is 0 Å². The van der Waals surface area contributed by atoms with Crippen LogP contribution in [0.3, 0.4) is 0 Å². The number of aromatic nitrogens is 2. The largest absolute Gasteiger partial charge is 0.310 e. The highest BCUT2D eigenvalue weighted by molar-refractivity contribution is 7.22. The molecule has 0 saturated heterocycles. The Labute approximate surface area is 354 Å². The van der Waals surface area contributed by atoms with Gasteiger partial charge in [0.2, 0.25) is 0 Å². The van der Waals surface area contributed by atoms with Crippen molar-refractivity contribution in [3.8, 4) is 32.3 Å². The fourth-order valence-corrected chi connectivity index (χ4v) is 10.0. The molecule has 0 amide bonds. The standard InChI is InChI=1S/C54H33N3S2/c1-2-8-37-27-42(14-13-34(37)7-1)43-15-16-45-29-48(26-21-44(45)28-43)57(46-22-17-35(18-23-46)53-55-49-30-38-9-3-5-11-40(38)32-51(49)58-53)47-24-19-36(20-25-47)54-56-50-31-39-10-4-6-12-41(39)33-52(50)59-54/h1-33H/i16D,21D,28D,29D. The maximum absolute atomic E-state index is 9.74. The lowest BCUT2D eigenvalue weighted by molar-refractivity contribution is 1.29. The Morgan fingerprint density at radius 3 is 1.37 bits per heavy atom. The van der Waals surface area contributed by atoms with Crippen LogP contribution in [0.4, 0.5) is 17.1 Å². The number of anilines is 3. The second-order valence-corrected chi connectivity index (χ2v) is 16.8. The Hall–Kier alpha value is -7.18. The Morgan fingerprint density at radius 2 is 0.814 bits per heavy atom. The van der Waals surface area contributed by atoms with Crippen molar-refractivity contribution in [1.29, 1.82) is 0 Å². The van der Waals surface area contributed by atoms with Crippen molar-refractivity contribution < 1.29 is 5.48 Å². The normalized spacial score (nSPS) is 12.7. The van der Waals surface area contributed by atoms with E-state index in [0.717, 1.165) is 80.1 Å². The predicted molar refractivity (Wildman–Crippen MR) is 254 cm³/mol. The van der Waals surface area contributed by atoms with Crippen LogP contribution in [0.2, 0.25) is 0 Å². The Bertz CT molecular complexity index is 3540. The number of thiazole rings is 2. The molecule has 5 heteroatoms. The molecule has 3 nitrogen and oxygen atoms in total. The summed E-state index contributed by atoms with van der Waals surface area (Å²) in [5.41, 5.74) is 7.24. The van der Waals surface area contributed by atoms with Crippen molar-refractivity contribution >= 4 is 103 Å². The first-order chi connectivity index (χ1) is 30.8. The van der Waals surface area contributed by atoms with Gasteiger partial charge in [-0.2, -0.15) is 0 Å². The van der Waals surface area contributed by atoms with Crippen LogP contribution in [0.5, 0.6) is 0 Å². The van der Waals surface area contributed by atoms with Crippen LogP contribution in [0.1, 0.15) is 5.48 Å². The third kappa shape index (κ3) is 6.11. The van der Waals surface area contributed by atoms with Gasteiger partial charge in [0, 0.05) is 28.2 Å². The quantitative estimate of drug-likeness (QED) is 0.168. The molecular weight excluding hydrogens is 755 g/mol. The first kappa shape index (κ1) is 30.0. The van der Waals surface area contributed by atoms with Crippen LogP contribution < -0.4 is 4.90 Å². The third-order valence-electron chi connectivity index (χ3n) is 11.0. The van der Waals surface area contributed by atoms with Crippen molar-refractivity contribution in [2.45, 2.75) is 0 Å². The summed E-state index contributed by atoms with van der Waals surface area (Å²) in [4.78, 5) is 12.0. The van der Waals surface area contributed by atoms with Crippen molar-refractivity contribution in [2.75, 3.05) is 4.90 Å². The van der Waals surface area contributed by atoms with Crippen molar-refractivity contribution in [3.05, 3.63) is 200 Å². The van der Waals surface area contributed by atoms with Gasteiger partial charge in [0.1, 0.15) is 10.0 Å². The fourth-order valence-electron chi connectivity index (χ4n) is 8.00. The molecule has 0 bridgehead atoms. The highest BCUT2D eigenvalue weighted by atomic mass is 32.1. The molecule has 2 heterocycles. The number of nitrogens with zero attached hydrogens (tertiary/aromatic N) is 3. The number of benzene rings is 10. The van der Waals surface area contributed by atoms with E-state index in [9.17, 15) is 5.48 Å². The maximum atomic E-state index is 9.74. The molecule has 0 N–H and O–H groups in total. The first-order valence-corrected chi connectivity index (χ1v) is 21.1. The molecule has 12 rings (SSSR count). The molecule has 0 atom stereocenters.